The van der Waals surface area contributed by atoms with Gasteiger partial charge in [-0.15, -0.1) is 0 Å². The Labute approximate surface area is 121 Å². The van der Waals surface area contributed by atoms with Crippen LogP contribution in [0.25, 0.3) is 16.9 Å². The Kier molecular flexibility index (Phi) is 3.09. The number of halogens is 3. The molecule has 0 N–H and O–H groups in total. The Balaban J connectivity index is 2.17. The van der Waals surface area contributed by atoms with Gasteiger partial charge in [0.2, 0.25) is 0 Å². The summed E-state index contributed by atoms with van der Waals surface area (Å²) in [6.45, 7) is 0. The molecule has 0 bridgehead atoms. The summed E-state index contributed by atoms with van der Waals surface area (Å²) in [5, 5.41) is 10.8. The number of nitrogens with zero attached hydrogens (tertiary/aromatic N) is 3. The molecule has 8 heteroatoms. The Hall–Kier alpha value is -2.90. The lowest BCUT2D eigenvalue weighted by atomic mass is 10.1. The molecule has 2 aromatic heterocycles. The summed E-state index contributed by atoms with van der Waals surface area (Å²) in [5.74, 6) is 0. The van der Waals surface area contributed by atoms with Crippen molar-refractivity contribution in [2.24, 2.45) is 0 Å². The highest BCUT2D eigenvalue weighted by Crippen LogP contribution is 2.31. The molecule has 0 aliphatic rings. The SMILES string of the molecule is O=[N+]([O-])c1cccc(-c2cn3c(C(F)(F)F)cccc3n2)c1. The van der Waals surface area contributed by atoms with Gasteiger partial charge >= 0.3 is 6.18 Å². The summed E-state index contributed by atoms with van der Waals surface area (Å²) in [4.78, 5) is 14.3. The predicted octanol–water partition coefficient (Wildman–Crippen LogP) is 3.93. The first-order chi connectivity index (χ1) is 10.4. The van der Waals surface area contributed by atoms with Gasteiger partial charge in [0, 0.05) is 23.9 Å². The van der Waals surface area contributed by atoms with E-state index in [-0.39, 0.29) is 17.0 Å². The van der Waals surface area contributed by atoms with Crippen LogP contribution in [-0.2, 0) is 6.18 Å². The number of alkyl halides is 3. The fourth-order valence-electron chi connectivity index (χ4n) is 2.16. The molecule has 5 nitrogen and oxygen atoms in total. The molecule has 0 amide bonds. The first kappa shape index (κ1) is 14.1. The van der Waals surface area contributed by atoms with Gasteiger partial charge < -0.3 is 0 Å². The van der Waals surface area contributed by atoms with E-state index in [0.29, 0.717) is 5.56 Å². The molecule has 0 radical (unpaired) electrons. The third-order valence-electron chi connectivity index (χ3n) is 3.14. The lowest BCUT2D eigenvalue weighted by Crippen LogP contribution is -2.10. The summed E-state index contributed by atoms with van der Waals surface area (Å²) < 4.78 is 39.8. The first-order valence-corrected chi connectivity index (χ1v) is 6.16. The van der Waals surface area contributed by atoms with Crippen LogP contribution >= 0.6 is 0 Å². The first-order valence-electron chi connectivity index (χ1n) is 6.16. The maximum Gasteiger partial charge on any atom is 0.431 e. The van der Waals surface area contributed by atoms with E-state index in [1.54, 1.807) is 6.07 Å². The third kappa shape index (κ3) is 2.39. The fourth-order valence-corrected chi connectivity index (χ4v) is 2.16. The van der Waals surface area contributed by atoms with Gasteiger partial charge in [-0.2, -0.15) is 13.2 Å². The van der Waals surface area contributed by atoms with Gasteiger partial charge in [-0.25, -0.2) is 4.98 Å². The van der Waals surface area contributed by atoms with Crippen molar-refractivity contribution in [3.05, 3.63) is 64.5 Å². The van der Waals surface area contributed by atoms with E-state index in [9.17, 15) is 23.3 Å². The Morgan fingerprint density at radius 1 is 1.14 bits per heavy atom. The molecule has 3 aromatic rings. The van der Waals surface area contributed by atoms with Crippen molar-refractivity contribution in [3.8, 4) is 11.3 Å². The van der Waals surface area contributed by atoms with Gasteiger partial charge in [0.1, 0.15) is 11.3 Å². The van der Waals surface area contributed by atoms with E-state index in [0.717, 1.165) is 10.5 Å². The second kappa shape index (κ2) is 4.83. The van der Waals surface area contributed by atoms with Crippen LogP contribution in [0.1, 0.15) is 5.69 Å². The minimum atomic E-state index is -4.51. The molecular formula is C14H8F3N3O2. The summed E-state index contributed by atoms with van der Waals surface area (Å²) in [7, 11) is 0. The van der Waals surface area contributed by atoms with Crippen LogP contribution in [-0.4, -0.2) is 14.3 Å². The third-order valence-corrected chi connectivity index (χ3v) is 3.14. The summed E-state index contributed by atoms with van der Waals surface area (Å²) in [5.41, 5.74) is -0.262. The van der Waals surface area contributed by atoms with Crippen molar-refractivity contribution in [2.45, 2.75) is 6.18 Å². The van der Waals surface area contributed by atoms with Gasteiger partial charge in [-0.3, -0.25) is 14.5 Å². The van der Waals surface area contributed by atoms with Crippen LogP contribution in [0.3, 0.4) is 0 Å². The number of imidazole rings is 1. The predicted molar refractivity (Wildman–Crippen MR) is 72.3 cm³/mol. The van der Waals surface area contributed by atoms with E-state index < -0.39 is 16.8 Å². The lowest BCUT2D eigenvalue weighted by Gasteiger charge is -2.08. The number of aromatic nitrogens is 2. The van der Waals surface area contributed by atoms with Crippen LogP contribution in [0.4, 0.5) is 18.9 Å². The average molecular weight is 307 g/mol. The molecule has 2 heterocycles. The van der Waals surface area contributed by atoms with Crippen LogP contribution < -0.4 is 0 Å². The van der Waals surface area contributed by atoms with E-state index >= 15 is 0 Å². The maximum absolute atomic E-state index is 13.0. The number of hydrogen-bond acceptors (Lipinski definition) is 3. The van der Waals surface area contributed by atoms with Gasteiger partial charge in [0.05, 0.1) is 10.6 Å². The zero-order chi connectivity index (χ0) is 15.9. The number of nitro benzene ring substituents is 1. The van der Waals surface area contributed by atoms with Gasteiger partial charge in [-0.05, 0) is 12.1 Å². The lowest BCUT2D eigenvalue weighted by molar-refractivity contribution is -0.384. The van der Waals surface area contributed by atoms with E-state index in [4.69, 9.17) is 0 Å². The highest BCUT2D eigenvalue weighted by atomic mass is 19.4. The van der Waals surface area contributed by atoms with Crippen molar-refractivity contribution in [1.82, 2.24) is 9.38 Å². The number of pyridine rings is 1. The summed E-state index contributed by atoms with van der Waals surface area (Å²) in [6.07, 6.45) is -3.29. The van der Waals surface area contributed by atoms with Crippen molar-refractivity contribution in [3.63, 3.8) is 0 Å². The number of hydrogen-bond donors (Lipinski definition) is 0. The molecule has 3 rings (SSSR count). The quantitative estimate of drug-likeness (QED) is 0.532. The monoisotopic (exact) mass is 307 g/mol. The van der Waals surface area contributed by atoms with Gasteiger partial charge in [0.15, 0.2) is 0 Å². The number of nitro groups is 1. The van der Waals surface area contributed by atoms with E-state index in [1.807, 2.05) is 0 Å². The molecule has 0 unspecified atom stereocenters. The molecule has 0 aliphatic carbocycles. The Morgan fingerprint density at radius 3 is 2.55 bits per heavy atom. The topological polar surface area (TPSA) is 60.4 Å². The number of benzene rings is 1. The second-order valence-corrected chi connectivity index (χ2v) is 4.57. The molecule has 112 valence electrons. The summed E-state index contributed by atoms with van der Waals surface area (Å²) in [6, 6.07) is 9.25. The smallest absolute Gasteiger partial charge is 0.295 e. The van der Waals surface area contributed by atoms with Crippen LogP contribution in [0.2, 0.25) is 0 Å². The van der Waals surface area contributed by atoms with Gasteiger partial charge in [-0.1, -0.05) is 18.2 Å². The minimum absolute atomic E-state index is 0.122. The summed E-state index contributed by atoms with van der Waals surface area (Å²) >= 11 is 0. The average Bonchev–Trinajstić information content (AvgIpc) is 2.90. The minimum Gasteiger partial charge on any atom is -0.295 e. The molecule has 22 heavy (non-hydrogen) atoms. The molecule has 0 saturated heterocycles. The zero-order valence-electron chi connectivity index (χ0n) is 10.9. The number of fused-ring (bicyclic) bond motifs is 1. The Morgan fingerprint density at radius 2 is 1.86 bits per heavy atom. The standard InChI is InChI=1S/C14H8F3N3O2/c15-14(16,17)12-5-2-6-13-18-11(8-19(12)13)9-3-1-4-10(7-9)20(21)22/h1-8H. The fraction of sp³-hybridized carbons (Fsp3) is 0.0714. The van der Waals surface area contributed by atoms with E-state index in [2.05, 4.69) is 4.98 Å². The van der Waals surface area contributed by atoms with Crippen LogP contribution in [0.15, 0.2) is 48.7 Å². The molecule has 0 saturated carbocycles. The Bertz CT molecular complexity index is 871. The number of rotatable bonds is 2. The van der Waals surface area contributed by atoms with Gasteiger partial charge in [0.25, 0.3) is 5.69 Å². The molecule has 0 atom stereocenters. The van der Waals surface area contributed by atoms with Crippen molar-refractivity contribution >= 4 is 11.3 Å². The molecule has 0 spiro atoms. The van der Waals surface area contributed by atoms with E-state index in [1.165, 1.54) is 36.5 Å². The van der Waals surface area contributed by atoms with Crippen LogP contribution in [0.5, 0.6) is 0 Å². The highest BCUT2D eigenvalue weighted by molar-refractivity contribution is 5.65. The maximum atomic E-state index is 13.0. The van der Waals surface area contributed by atoms with Crippen LogP contribution in [0, 0.1) is 10.1 Å². The molecule has 1 aromatic carbocycles. The normalized spacial score (nSPS) is 11.8. The number of non-ortho nitro benzene ring substituents is 1. The van der Waals surface area contributed by atoms with Crippen molar-refractivity contribution in [2.75, 3.05) is 0 Å². The van der Waals surface area contributed by atoms with Crippen molar-refractivity contribution < 1.29 is 18.1 Å². The zero-order valence-corrected chi connectivity index (χ0v) is 10.9. The second-order valence-electron chi connectivity index (χ2n) is 4.57. The molecule has 0 aliphatic heterocycles. The molecule has 0 fully saturated rings. The largest absolute Gasteiger partial charge is 0.431 e. The highest BCUT2D eigenvalue weighted by Gasteiger charge is 2.33. The van der Waals surface area contributed by atoms with Crippen molar-refractivity contribution in [1.29, 1.82) is 0 Å². The molecular weight excluding hydrogens is 299 g/mol.